The van der Waals surface area contributed by atoms with E-state index in [1.165, 1.54) is 18.4 Å². The van der Waals surface area contributed by atoms with Crippen molar-refractivity contribution >= 4 is 17.2 Å². The van der Waals surface area contributed by atoms with Crippen molar-refractivity contribution in [3.8, 4) is 16.3 Å². The second-order valence-corrected chi connectivity index (χ2v) is 8.74. The molecule has 1 saturated carbocycles. The van der Waals surface area contributed by atoms with E-state index >= 15 is 0 Å². The number of hydrogen-bond acceptors (Lipinski definition) is 4. The van der Waals surface area contributed by atoms with Crippen LogP contribution in [0.5, 0.6) is 5.75 Å². The number of para-hydroxylation sites is 1. The molecule has 30 heavy (non-hydrogen) atoms. The molecule has 0 saturated heterocycles. The Balaban J connectivity index is 1.41. The van der Waals surface area contributed by atoms with Gasteiger partial charge in [0.15, 0.2) is 0 Å². The SMILES string of the molecule is CCOc1ccccc1-c1nc(CC(=O)NCC2(c3ccccc3)CCCC2)cs1. The third kappa shape index (κ3) is 4.57. The van der Waals surface area contributed by atoms with E-state index in [1.54, 1.807) is 11.3 Å². The molecule has 1 aromatic heterocycles. The number of thiazole rings is 1. The topological polar surface area (TPSA) is 51.2 Å². The molecule has 5 heteroatoms. The highest BCUT2D eigenvalue weighted by atomic mass is 32.1. The fraction of sp³-hybridized carbons (Fsp3) is 0.360. The van der Waals surface area contributed by atoms with Gasteiger partial charge in [-0.2, -0.15) is 0 Å². The van der Waals surface area contributed by atoms with E-state index < -0.39 is 0 Å². The Hall–Kier alpha value is -2.66. The van der Waals surface area contributed by atoms with Gasteiger partial charge in [0.25, 0.3) is 0 Å². The molecule has 4 nitrogen and oxygen atoms in total. The number of carbonyl (C=O) groups excluding carboxylic acids is 1. The third-order valence-corrected chi connectivity index (χ3v) is 6.81. The lowest BCUT2D eigenvalue weighted by Crippen LogP contribution is -2.39. The number of nitrogens with one attached hydrogen (secondary N) is 1. The van der Waals surface area contributed by atoms with Crippen LogP contribution in [0.1, 0.15) is 43.9 Å². The van der Waals surface area contributed by atoms with E-state index in [-0.39, 0.29) is 11.3 Å². The maximum Gasteiger partial charge on any atom is 0.226 e. The summed E-state index contributed by atoms with van der Waals surface area (Å²) in [4.78, 5) is 17.4. The van der Waals surface area contributed by atoms with Gasteiger partial charge in [-0.25, -0.2) is 4.98 Å². The molecule has 2 aromatic carbocycles. The highest BCUT2D eigenvalue weighted by molar-refractivity contribution is 7.13. The van der Waals surface area contributed by atoms with Gasteiger partial charge < -0.3 is 10.1 Å². The van der Waals surface area contributed by atoms with Crippen molar-refractivity contribution in [3.63, 3.8) is 0 Å². The summed E-state index contributed by atoms with van der Waals surface area (Å²) in [6, 6.07) is 18.5. The Kier molecular flexibility index (Phi) is 6.48. The molecule has 156 valence electrons. The maximum atomic E-state index is 12.7. The molecule has 4 rings (SSSR count). The van der Waals surface area contributed by atoms with Crippen LogP contribution in [0.3, 0.4) is 0 Å². The maximum absolute atomic E-state index is 12.7. The average molecular weight is 421 g/mol. The minimum absolute atomic E-state index is 0.0344. The van der Waals surface area contributed by atoms with Crippen LogP contribution in [0.25, 0.3) is 10.6 Å². The van der Waals surface area contributed by atoms with Gasteiger partial charge in [-0.15, -0.1) is 11.3 Å². The molecule has 0 radical (unpaired) electrons. The first-order valence-corrected chi connectivity index (χ1v) is 11.6. The Bertz CT molecular complexity index is 978. The number of ether oxygens (including phenoxy) is 1. The predicted molar refractivity (Wildman–Crippen MR) is 122 cm³/mol. The zero-order valence-corrected chi connectivity index (χ0v) is 18.2. The van der Waals surface area contributed by atoms with Crippen molar-refractivity contribution in [1.82, 2.24) is 10.3 Å². The molecule has 0 spiro atoms. The molecular weight excluding hydrogens is 392 g/mol. The molecule has 1 amide bonds. The third-order valence-electron chi connectivity index (χ3n) is 5.88. The molecule has 3 aromatic rings. The summed E-state index contributed by atoms with van der Waals surface area (Å²) in [5, 5.41) is 6.05. The summed E-state index contributed by atoms with van der Waals surface area (Å²) < 4.78 is 5.72. The van der Waals surface area contributed by atoms with Crippen molar-refractivity contribution in [1.29, 1.82) is 0 Å². The van der Waals surface area contributed by atoms with Crippen molar-refractivity contribution in [3.05, 3.63) is 71.2 Å². The Morgan fingerprint density at radius 1 is 1.10 bits per heavy atom. The first-order chi connectivity index (χ1) is 14.7. The average Bonchev–Trinajstić information content (AvgIpc) is 3.44. The number of hydrogen-bond donors (Lipinski definition) is 1. The number of benzene rings is 2. The van der Waals surface area contributed by atoms with Crippen LogP contribution in [0.15, 0.2) is 60.0 Å². The summed E-state index contributed by atoms with van der Waals surface area (Å²) in [5.41, 5.74) is 3.19. The molecular formula is C25H28N2O2S. The van der Waals surface area contributed by atoms with Crippen LogP contribution in [0.4, 0.5) is 0 Å². The molecule has 0 unspecified atom stereocenters. The zero-order chi connectivity index (χ0) is 20.8. The first-order valence-electron chi connectivity index (χ1n) is 10.7. The second-order valence-electron chi connectivity index (χ2n) is 7.88. The lowest BCUT2D eigenvalue weighted by molar-refractivity contribution is -0.120. The van der Waals surface area contributed by atoms with Crippen LogP contribution >= 0.6 is 11.3 Å². The van der Waals surface area contributed by atoms with Gasteiger partial charge in [-0.1, -0.05) is 55.3 Å². The fourth-order valence-corrected chi connectivity index (χ4v) is 5.19. The van der Waals surface area contributed by atoms with Crippen LogP contribution in [-0.2, 0) is 16.6 Å². The van der Waals surface area contributed by atoms with Crippen LogP contribution in [0, 0.1) is 0 Å². The predicted octanol–water partition coefficient (Wildman–Crippen LogP) is 5.38. The molecule has 1 aliphatic rings. The molecule has 1 fully saturated rings. The fourth-order valence-electron chi connectivity index (χ4n) is 4.34. The number of carbonyl (C=O) groups is 1. The second kappa shape index (κ2) is 9.43. The van der Waals surface area contributed by atoms with E-state index in [1.807, 2.05) is 42.6 Å². The standard InChI is InChI=1S/C25H28N2O2S/c1-2-29-22-13-7-6-12-21(22)24-27-20(17-30-24)16-23(28)26-18-25(14-8-9-15-25)19-10-4-3-5-11-19/h3-7,10-13,17H,2,8-9,14-16,18H2,1H3,(H,26,28). The largest absolute Gasteiger partial charge is 0.493 e. The minimum Gasteiger partial charge on any atom is -0.493 e. The highest BCUT2D eigenvalue weighted by Crippen LogP contribution is 2.40. The van der Waals surface area contributed by atoms with E-state index in [9.17, 15) is 4.79 Å². The molecule has 1 N–H and O–H groups in total. The zero-order valence-electron chi connectivity index (χ0n) is 17.4. The van der Waals surface area contributed by atoms with E-state index in [4.69, 9.17) is 9.72 Å². The summed E-state index contributed by atoms with van der Waals surface area (Å²) in [6.45, 7) is 3.28. The lowest BCUT2D eigenvalue weighted by Gasteiger charge is -2.30. The molecule has 1 aliphatic carbocycles. The number of rotatable bonds is 8. The molecule has 0 aliphatic heterocycles. The highest BCUT2D eigenvalue weighted by Gasteiger charge is 2.35. The first kappa shape index (κ1) is 20.6. The summed E-state index contributed by atoms with van der Waals surface area (Å²) in [7, 11) is 0. The van der Waals surface area contributed by atoms with E-state index in [0.29, 0.717) is 19.6 Å². The van der Waals surface area contributed by atoms with Crippen LogP contribution in [-0.4, -0.2) is 24.0 Å². The lowest BCUT2D eigenvalue weighted by atomic mass is 9.79. The molecule has 0 atom stereocenters. The van der Waals surface area contributed by atoms with E-state index in [0.717, 1.165) is 34.9 Å². The van der Waals surface area contributed by atoms with Crippen molar-refractivity contribution in [2.24, 2.45) is 0 Å². The normalized spacial score (nSPS) is 15.1. The summed E-state index contributed by atoms with van der Waals surface area (Å²) in [6.07, 6.45) is 5.01. The Labute approximate surface area is 182 Å². The van der Waals surface area contributed by atoms with Gasteiger partial charge in [0.05, 0.1) is 24.3 Å². The molecule has 0 bridgehead atoms. The van der Waals surface area contributed by atoms with Crippen molar-refractivity contribution < 1.29 is 9.53 Å². The summed E-state index contributed by atoms with van der Waals surface area (Å²) in [5.74, 6) is 0.864. The van der Waals surface area contributed by atoms with Crippen molar-refractivity contribution in [2.75, 3.05) is 13.2 Å². The van der Waals surface area contributed by atoms with E-state index in [2.05, 4.69) is 29.6 Å². The smallest absolute Gasteiger partial charge is 0.226 e. The minimum atomic E-state index is 0.0344. The monoisotopic (exact) mass is 420 g/mol. The number of amides is 1. The van der Waals surface area contributed by atoms with Crippen LogP contribution in [0.2, 0.25) is 0 Å². The van der Waals surface area contributed by atoms with Gasteiger partial charge in [0.2, 0.25) is 5.91 Å². The number of nitrogens with zero attached hydrogens (tertiary/aromatic N) is 1. The quantitative estimate of drug-likeness (QED) is 0.532. The Morgan fingerprint density at radius 3 is 2.60 bits per heavy atom. The van der Waals surface area contributed by atoms with Gasteiger partial charge in [0, 0.05) is 17.3 Å². The van der Waals surface area contributed by atoms with Crippen LogP contribution < -0.4 is 10.1 Å². The summed E-state index contributed by atoms with van der Waals surface area (Å²) >= 11 is 1.55. The van der Waals surface area contributed by atoms with Crippen molar-refractivity contribution in [2.45, 2.75) is 44.4 Å². The van der Waals surface area contributed by atoms with Gasteiger partial charge in [-0.3, -0.25) is 4.79 Å². The number of aromatic nitrogens is 1. The Morgan fingerprint density at radius 2 is 1.83 bits per heavy atom. The van der Waals surface area contributed by atoms with Gasteiger partial charge in [0.1, 0.15) is 10.8 Å². The van der Waals surface area contributed by atoms with Gasteiger partial charge in [-0.05, 0) is 37.5 Å². The molecule has 1 heterocycles. The van der Waals surface area contributed by atoms with Gasteiger partial charge >= 0.3 is 0 Å².